The van der Waals surface area contributed by atoms with E-state index in [1.165, 1.54) is 23.8 Å². The van der Waals surface area contributed by atoms with E-state index < -0.39 is 0 Å². The number of thioether (sulfide) groups is 1. The van der Waals surface area contributed by atoms with Crippen LogP contribution < -0.4 is 10.2 Å². The zero-order valence-electron chi connectivity index (χ0n) is 17.8. The van der Waals surface area contributed by atoms with Crippen LogP contribution in [0, 0.1) is 20.8 Å². The van der Waals surface area contributed by atoms with Crippen molar-refractivity contribution < 1.29 is 9.59 Å². The third kappa shape index (κ3) is 5.29. The minimum atomic E-state index is -0.0838. The van der Waals surface area contributed by atoms with Crippen molar-refractivity contribution in [1.29, 1.82) is 0 Å². The van der Waals surface area contributed by atoms with Gasteiger partial charge in [0.15, 0.2) is 5.13 Å². The summed E-state index contributed by atoms with van der Waals surface area (Å²) >= 11 is 3.15. The molecule has 3 rings (SSSR count). The Morgan fingerprint density at radius 2 is 1.70 bits per heavy atom. The second-order valence-electron chi connectivity index (χ2n) is 7.22. The molecule has 2 aromatic carbocycles. The molecule has 7 heteroatoms. The van der Waals surface area contributed by atoms with Gasteiger partial charge in [0.2, 0.25) is 11.8 Å². The lowest BCUT2D eigenvalue weighted by Gasteiger charge is -2.23. The minimum absolute atomic E-state index is 0.0489. The fourth-order valence-corrected chi connectivity index (χ4v) is 5.14. The van der Waals surface area contributed by atoms with Gasteiger partial charge in [-0.05, 0) is 56.2 Å². The maximum atomic E-state index is 12.5. The summed E-state index contributed by atoms with van der Waals surface area (Å²) in [7, 11) is 0. The monoisotopic (exact) mass is 439 g/mol. The molecule has 0 radical (unpaired) electrons. The van der Waals surface area contributed by atoms with Crippen LogP contribution >= 0.6 is 23.1 Å². The van der Waals surface area contributed by atoms with Gasteiger partial charge in [0, 0.05) is 35.6 Å². The van der Waals surface area contributed by atoms with Crippen molar-refractivity contribution in [3.63, 3.8) is 0 Å². The first kappa shape index (κ1) is 22.1. The molecule has 0 saturated heterocycles. The highest BCUT2D eigenvalue weighted by Crippen LogP contribution is 2.35. The van der Waals surface area contributed by atoms with E-state index in [1.807, 2.05) is 43.5 Å². The number of anilines is 3. The third-order valence-electron chi connectivity index (χ3n) is 4.47. The minimum Gasteiger partial charge on any atom is -0.326 e. The second kappa shape index (κ2) is 9.45. The number of rotatable bonds is 6. The van der Waals surface area contributed by atoms with E-state index in [-0.39, 0.29) is 11.8 Å². The van der Waals surface area contributed by atoms with Gasteiger partial charge in [-0.3, -0.25) is 14.5 Å². The van der Waals surface area contributed by atoms with E-state index in [9.17, 15) is 9.59 Å². The molecular formula is C23H25N3O2S2. The van der Waals surface area contributed by atoms with Gasteiger partial charge in [0.1, 0.15) is 0 Å². The highest BCUT2D eigenvalue weighted by atomic mass is 32.2. The van der Waals surface area contributed by atoms with Crippen LogP contribution in [-0.4, -0.2) is 16.8 Å². The molecule has 0 spiro atoms. The molecule has 2 amide bonds. The first-order valence-corrected chi connectivity index (χ1v) is 11.4. The topological polar surface area (TPSA) is 62.3 Å². The van der Waals surface area contributed by atoms with Crippen LogP contribution in [0.5, 0.6) is 0 Å². The van der Waals surface area contributed by atoms with Gasteiger partial charge in [-0.25, -0.2) is 4.98 Å². The number of benzene rings is 2. The Morgan fingerprint density at radius 1 is 1.07 bits per heavy atom. The molecule has 5 nitrogen and oxygen atoms in total. The standard InChI is InChI=1S/C23H25N3O2S2/c1-14-10-15(2)22(16(3)11-14)26(18(5)28)23-25-20(13-30-23)12-29-21-8-6-19(7-9-21)24-17(4)27/h6-11,13H,12H2,1-5H3,(H,24,27). The van der Waals surface area contributed by atoms with Gasteiger partial charge in [0.05, 0.1) is 11.4 Å². The molecule has 30 heavy (non-hydrogen) atoms. The SMILES string of the molecule is CC(=O)Nc1ccc(SCc2csc(N(C(C)=O)c3c(C)cc(C)cc3C)n2)cc1. The van der Waals surface area contributed by atoms with Gasteiger partial charge >= 0.3 is 0 Å². The first-order chi connectivity index (χ1) is 14.2. The van der Waals surface area contributed by atoms with Crippen LogP contribution in [0.15, 0.2) is 46.7 Å². The van der Waals surface area contributed by atoms with Crippen LogP contribution in [0.25, 0.3) is 0 Å². The summed E-state index contributed by atoms with van der Waals surface area (Å²) in [5, 5.41) is 5.46. The highest BCUT2D eigenvalue weighted by Gasteiger charge is 2.21. The number of amides is 2. The number of aromatic nitrogens is 1. The molecule has 1 heterocycles. The lowest BCUT2D eigenvalue weighted by atomic mass is 10.0. The van der Waals surface area contributed by atoms with Crippen molar-refractivity contribution in [3.05, 3.63) is 64.2 Å². The number of thiazole rings is 1. The summed E-state index contributed by atoms with van der Waals surface area (Å²) in [6, 6.07) is 11.9. The Balaban J connectivity index is 1.76. The Morgan fingerprint density at radius 3 is 2.27 bits per heavy atom. The Labute approximate surface area is 185 Å². The largest absolute Gasteiger partial charge is 0.326 e. The molecule has 0 aliphatic heterocycles. The normalized spacial score (nSPS) is 10.7. The number of nitrogens with zero attached hydrogens (tertiary/aromatic N) is 2. The quantitative estimate of drug-likeness (QED) is 0.478. The smallest absolute Gasteiger partial charge is 0.230 e. The van der Waals surface area contributed by atoms with Gasteiger partial charge in [-0.1, -0.05) is 17.7 Å². The van der Waals surface area contributed by atoms with Gasteiger partial charge in [0.25, 0.3) is 0 Å². The average Bonchev–Trinajstić information content (AvgIpc) is 3.11. The van der Waals surface area contributed by atoms with E-state index in [1.54, 1.807) is 23.6 Å². The average molecular weight is 440 g/mol. The van der Waals surface area contributed by atoms with Crippen molar-refractivity contribution in [1.82, 2.24) is 4.98 Å². The molecule has 0 fully saturated rings. The second-order valence-corrected chi connectivity index (χ2v) is 9.10. The van der Waals surface area contributed by atoms with Crippen molar-refractivity contribution in [2.45, 2.75) is 45.3 Å². The van der Waals surface area contributed by atoms with Gasteiger partial charge in [-0.15, -0.1) is 23.1 Å². The number of hydrogen-bond acceptors (Lipinski definition) is 5. The number of aryl methyl sites for hydroxylation is 3. The number of carbonyl (C=O) groups excluding carboxylic acids is 2. The van der Waals surface area contributed by atoms with E-state index in [0.29, 0.717) is 10.9 Å². The van der Waals surface area contributed by atoms with Crippen molar-refractivity contribution in [2.24, 2.45) is 0 Å². The molecule has 0 aliphatic carbocycles. The molecule has 0 saturated carbocycles. The molecular weight excluding hydrogens is 414 g/mol. The Kier molecular flexibility index (Phi) is 6.95. The number of carbonyl (C=O) groups is 2. The Bertz CT molecular complexity index is 1050. The van der Waals surface area contributed by atoms with Crippen molar-refractivity contribution >= 4 is 51.4 Å². The Hall–Kier alpha value is -2.64. The van der Waals surface area contributed by atoms with Crippen LogP contribution in [0.1, 0.15) is 36.2 Å². The predicted molar refractivity (Wildman–Crippen MR) is 126 cm³/mol. The summed E-state index contributed by atoms with van der Waals surface area (Å²) in [4.78, 5) is 31.1. The first-order valence-electron chi connectivity index (χ1n) is 9.58. The molecule has 0 unspecified atom stereocenters. The summed E-state index contributed by atoms with van der Waals surface area (Å²) < 4.78 is 0. The van der Waals surface area contributed by atoms with E-state index in [2.05, 4.69) is 24.4 Å². The van der Waals surface area contributed by atoms with Crippen molar-refractivity contribution in [3.8, 4) is 0 Å². The maximum absolute atomic E-state index is 12.5. The summed E-state index contributed by atoms with van der Waals surface area (Å²) in [5.41, 5.74) is 5.93. The molecule has 3 aromatic rings. The summed E-state index contributed by atoms with van der Waals surface area (Å²) in [6.45, 7) is 9.18. The molecule has 0 bridgehead atoms. The molecule has 0 atom stereocenters. The van der Waals surface area contributed by atoms with Gasteiger partial charge in [-0.2, -0.15) is 0 Å². The zero-order valence-corrected chi connectivity index (χ0v) is 19.4. The fraction of sp³-hybridized carbons (Fsp3) is 0.261. The molecule has 1 aromatic heterocycles. The summed E-state index contributed by atoms with van der Waals surface area (Å²) in [6.07, 6.45) is 0. The summed E-state index contributed by atoms with van der Waals surface area (Å²) in [5.74, 6) is 0.569. The molecule has 1 N–H and O–H groups in total. The number of hydrogen-bond donors (Lipinski definition) is 1. The zero-order chi connectivity index (χ0) is 21.8. The van der Waals surface area contributed by atoms with Crippen LogP contribution in [0.2, 0.25) is 0 Å². The third-order valence-corrected chi connectivity index (χ3v) is 6.39. The lowest BCUT2D eigenvalue weighted by molar-refractivity contribution is -0.116. The van der Waals surface area contributed by atoms with E-state index in [4.69, 9.17) is 4.98 Å². The maximum Gasteiger partial charge on any atom is 0.230 e. The molecule has 156 valence electrons. The lowest BCUT2D eigenvalue weighted by Crippen LogP contribution is -2.24. The predicted octanol–water partition coefficient (Wildman–Crippen LogP) is 6.00. The van der Waals surface area contributed by atoms with Gasteiger partial charge < -0.3 is 5.32 Å². The van der Waals surface area contributed by atoms with Crippen LogP contribution in [0.3, 0.4) is 0 Å². The number of nitrogens with one attached hydrogen (secondary N) is 1. The van der Waals surface area contributed by atoms with E-state index in [0.717, 1.165) is 33.1 Å². The van der Waals surface area contributed by atoms with E-state index >= 15 is 0 Å². The van der Waals surface area contributed by atoms with Crippen LogP contribution in [-0.2, 0) is 15.3 Å². The highest BCUT2D eigenvalue weighted by molar-refractivity contribution is 7.98. The fourth-order valence-electron chi connectivity index (χ4n) is 3.37. The van der Waals surface area contributed by atoms with Crippen molar-refractivity contribution in [2.75, 3.05) is 10.2 Å². The van der Waals surface area contributed by atoms with Crippen LogP contribution in [0.4, 0.5) is 16.5 Å². The molecule has 0 aliphatic rings.